The highest BCUT2D eigenvalue weighted by atomic mass is 32.2. The van der Waals surface area contributed by atoms with Crippen LogP contribution in [-0.2, 0) is 42.8 Å². The third-order valence-electron chi connectivity index (χ3n) is 3.87. The second-order valence-corrected chi connectivity index (χ2v) is 7.49. The summed E-state index contributed by atoms with van der Waals surface area (Å²) in [4.78, 5) is 34.6. The molecule has 11 nitrogen and oxygen atoms in total. The lowest BCUT2D eigenvalue weighted by molar-refractivity contribution is -0.224. The lowest BCUT2D eigenvalue weighted by Gasteiger charge is -2.40. The topological polar surface area (TPSA) is 139 Å². The number of oxime groups is 1. The first kappa shape index (κ1) is 26.1. The maximum atomic E-state index is 11.6. The average molecular weight is 451 g/mol. The van der Waals surface area contributed by atoms with E-state index in [1.807, 2.05) is 0 Å². The van der Waals surface area contributed by atoms with Crippen LogP contribution in [0.3, 0.4) is 0 Å². The SMILES string of the molecule is COCCOCCS/C(C[C@H]1OC[C@@H](OC(C)=O)[C@H](OC(C)=O)[C@H]1OC(C)=O)=N\O. The summed E-state index contributed by atoms with van der Waals surface area (Å²) in [5.41, 5.74) is 0. The van der Waals surface area contributed by atoms with Gasteiger partial charge in [0.25, 0.3) is 0 Å². The summed E-state index contributed by atoms with van der Waals surface area (Å²) in [5, 5.41) is 12.9. The molecule has 0 bridgehead atoms. The van der Waals surface area contributed by atoms with E-state index in [4.69, 9.17) is 28.4 Å². The Bertz CT molecular complexity index is 600. The van der Waals surface area contributed by atoms with Gasteiger partial charge in [-0.3, -0.25) is 14.4 Å². The number of esters is 3. The number of nitrogens with zero attached hydrogens (tertiary/aromatic N) is 1. The quantitative estimate of drug-likeness (QED) is 0.0905. The first-order valence-corrected chi connectivity index (χ1v) is 10.3. The Kier molecular flexibility index (Phi) is 12.4. The molecule has 30 heavy (non-hydrogen) atoms. The summed E-state index contributed by atoms with van der Waals surface area (Å²) < 4.78 is 31.7. The summed E-state index contributed by atoms with van der Waals surface area (Å²) in [6.45, 7) is 4.86. The van der Waals surface area contributed by atoms with Gasteiger partial charge in [0, 0.05) is 40.1 Å². The maximum Gasteiger partial charge on any atom is 0.303 e. The molecule has 0 aromatic carbocycles. The predicted octanol–water partition coefficient (Wildman–Crippen LogP) is 0.754. The van der Waals surface area contributed by atoms with Crippen LogP contribution in [0.4, 0.5) is 0 Å². The number of methoxy groups -OCH3 is 1. The van der Waals surface area contributed by atoms with Gasteiger partial charge in [-0.15, -0.1) is 11.8 Å². The molecule has 0 radical (unpaired) electrons. The van der Waals surface area contributed by atoms with Gasteiger partial charge in [-0.2, -0.15) is 0 Å². The van der Waals surface area contributed by atoms with Crippen LogP contribution in [0, 0.1) is 0 Å². The van der Waals surface area contributed by atoms with Crippen molar-refractivity contribution in [2.45, 2.75) is 51.6 Å². The Hall–Kier alpha value is -1.89. The molecular weight excluding hydrogens is 422 g/mol. The van der Waals surface area contributed by atoms with E-state index in [1.54, 1.807) is 7.11 Å². The Morgan fingerprint density at radius 2 is 1.63 bits per heavy atom. The van der Waals surface area contributed by atoms with Crippen LogP contribution in [0.2, 0.25) is 0 Å². The highest BCUT2D eigenvalue weighted by Crippen LogP contribution is 2.28. The molecule has 0 unspecified atom stereocenters. The second-order valence-electron chi connectivity index (χ2n) is 6.32. The Labute approximate surface area is 179 Å². The van der Waals surface area contributed by atoms with E-state index in [-0.39, 0.29) is 13.0 Å². The summed E-state index contributed by atoms with van der Waals surface area (Å²) in [5.74, 6) is -1.34. The molecule has 12 heteroatoms. The van der Waals surface area contributed by atoms with Crippen LogP contribution >= 0.6 is 11.8 Å². The zero-order valence-corrected chi connectivity index (χ0v) is 18.3. The fourth-order valence-electron chi connectivity index (χ4n) is 2.75. The number of ether oxygens (including phenoxy) is 6. The average Bonchev–Trinajstić information content (AvgIpc) is 2.66. The molecule has 0 aromatic heterocycles. The third kappa shape index (κ3) is 9.74. The van der Waals surface area contributed by atoms with Crippen LogP contribution in [0.5, 0.6) is 0 Å². The van der Waals surface area contributed by atoms with E-state index in [0.29, 0.717) is 30.6 Å². The van der Waals surface area contributed by atoms with E-state index in [0.717, 1.165) is 0 Å². The number of hydrogen-bond donors (Lipinski definition) is 1. The lowest BCUT2D eigenvalue weighted by Crippen LogP contribution is -2.57. The summed E-state index contributed by atoms with van der Waals surface area (Å²) in [6, 6.07) is 0. The van der Waals surface area contributed by atoms with Crippen LogP contribution in [-0.4, -0.2) is 91.9 Å². The number of carbonyl (C=O) groups excluding carboxylic acids is 3. The lowest BCUT2D eigenvalue weighted by atomic mass is 9.97. The Morgan fingerprint density at radius 1 is 1.00 bits per heavy atom. The molecule has 0 amide bonds. The maximum absolute atomic E-state index is 11.6. The number of thioether (sulfide) groups is 1. The fourth-order valence-corrected chi connectivity index (χ4v) is 3.53. The van der Waals surface area contributed by atoms with E-state index in [1.165, 1.54) is 32.5 Å². The molecule has 1 heterocycles. The molecule has 1 saturated heterocycles. The highest BCUT2D eigenvalue weighted by Gasteiger charge is 2.47. The van der Waals surface area contributed by atoms with Crippen molar-refractivity contribution in [3.05, 3.63) is 0 Å². The van der Waals surface area contributed by atoms with Crippen LogP contribution in [0.15, 0.2) is 5.16 Å². The van der Waals surface area contributed by atoms with Gasteiger partial charge in [-0.05, 0) is 0 Å². The monoisotopic (exact) mass is 451 g/mol. The van der Waals surface area contributed by atoms with Crippen molar-refractivity contribution in [3.8, 4) is 0 Å². The van der Waals surface area contributed by atoms with Gasteiger partial charge in [0.1, 0.15) is 11.1 Å². The molecule has 0 aromatic rings. The molecule has 1 aliphatic heterocycles. The van der Waals surface area contributed by atoms with Crippen molar-refractivity contribution in [2.75, 3.05) is 39.3 Å². The molecule has 1 fully saturated rings. The van der Waals surface area contributed by atoms with Crippen molar-refractivity contribution in [2.24, 2.45) is 5.16 Å². The molecule has 0 saturated carbocycles. The minimum absolute atomic E-state index is 0.0799. The minimum Gasteiger partial charge on any atom is -0.456 e. The largest absolute Gasteiger partial charge is 0.456 e. The summed E-state index contributed by atoms with van der Waals surface area (Å²) in [6.07, 6.45) is -3.75. The van der Waals surface area contributed by atoms with E-state index in [9.17, 15) is 19.6 Å². The Morgan fingerprint density at radius 3 is 2.20 bits per heavy atom. The second kappa shape index (κ2) is 14.2. The molecule has 1 N–H and O–H groups in total. The molecular formula is C18H29NO10S. The molecule has 1 aliphatic rings. The first-order valence-electron chi connectivity index (χ1n) is 9.32. The van der Waals surface area contributed by atoms with Gasteiger partial charge in [-0.25, -0.2) is 0 Å². The minimum atomic E-state index is -1.06. The standard InChI is InChI=1S/C18H29NO10S/c1-11(20)27-15-10-26-14(17(28-12(2)21)18(15)29-13(3)22)9-16(19-23)30-8-7-25-6-5-24-4/h14-15,17-18,23H,5-10H2,1-4H3/b19-16-/t14-,15-,17+,18+/m1/s1. The van der Waals surface area contributed by atoms with Gasteiger partial charge in [-0.1, -0.05) is 5.16 Å². The zero-order chi connectivity index (χ0) is 22.5. The predicted molar refractivity (Wildman–Crippen MR) is 105 cm³/mol. The smallest absolute Gasteiger partial charge is 0.303 e. The van der Waals surface area contributed by atoms with E-state index >= 15 is 0 Å². The van der Waals surface area contributed by atoms with Crippen molar-refractivity contribution in [1.82, 2.24) is 0 Å². The van der Waals surface area contributed by atoms with Crippen molar-refractivity contribution in [3.63, 3.8) is 0 Å². The van der Waals surface area contributed by atoms with Gasteiger partial charge < -0.3 is 33.6 Å². The number of rotatable bonds is 11. The molecule has 0 aliphatic carbocycles. The van der Waals surface area contributed by atoms with Gasteiger partial charge in [0.2, 0.25) is 0 Å². The van der Waals surface area contributed by atoms with Crippen LogP contribution in [0.1, 0.15) is 27.2 Å². The fraction of sp³-hybridized carbons (Fsp3) is 0.778. The van der Waals surface area contributed by atoms with Crippen molar-refractivity contribution >= 4 is 34.7 Å². The number of carbonyl (C=O) groups is 3. The normalized spacial score (nSPS) is 24.2. The summed E-state index contributed by atoms with van der Waals surface area (Å²) in [7, 11) is 1.58. The van der Waals surface area contributed by atoms with Crippen molar-refractivity contribution < 1.29 is 48.0 Å². The van der Waals surface area contributed by atoms with Gasteiger partial charge >= 0.3 is 17.9 Å². The van der Waals surface area contributed by atoms with E-state index in [2.05, 4.69) is 5.16 Å². The Balaban J connectivity index is 2.82. The van der Waals surface area contributed by atoms with Crippen LogP contribution < -0.4 is 0 Å². The molecule has 1 rings (SSSR count). The van der Waals surface area contributed by atoms with Crippen molar-refractivity contribution in [1.29, 1.82) is 0 Å². The van der Waals surface area contributed by atoms with Gasteiger partial charge in [0.15, 0.2) is 18.3 Å². The van der Waals surface area contributed by atoms with Crippen LogP contribution in [0.25, 0.3) is 0 Å². The first-order chi connectivity index (χ1) is 14.3. The van der Waals surface area contributed by atoms with Gasteiger partial charge in [0.05, 0.1) is 26.4 Å². The zero-order valence-electron chi connectivity index (χ0n) is 17.5. The summed E-state index contributed by atoms with van der Waals surface area (Å²) >= 11 is 1.24. The molecule has 0 spiro atoms. The van der Waals surface area contributed by atoms with E-state index < -0.39 is 42.3 Å². The number of hydrogen-bond acceptors (Lipinski definition) is 12. The highest BCUT2D eigenvalue weighted by molar-refractivity contribution is 8.13. The third-order valence-corrected chi connectivity index (χ3v) is 4.82. The molecule has 172 valence electrons. The molecule has 4 atom stereocenters.